The quantitative estimate of drug-likeness (QED) is 0.212. The van der Waals surface area contributed by atoms with Crippen molar-refractivity contribution in [2.75, 3.05) is 6.61 Å². The van der Waals surface area contributed by atoms with Crippen LogP contribution in [0.5, 0.6) is 0 Å². The Morgan fingerprint density at radius 2 is 1.48 bits per heavy atom. The lowest BCUT2D eigenvalue weighted by Crippen LogP contribution is -2.05. The molecule has 3 heteroatoms. The van der Waals surface area contributed by atoms with Crippen LogP contribution in [0.3, 0.4) is 0 Å². The SMILES string of the molecule is C=C(/C=C/CCCCCOCc1ccccc1)C(=O)OCc1ccccc1. The second kappa shape index (κ2) is 12.7. The second-order valence-electron chi connectivity index (χ2n) is 6.38. The van der Waals surface area contributed by atoms with Gasteiger partial charge in [0.1, 0.15) is 6.61 Å². The molecule has 0 aliphatic carbocycles. The van der Waals surface area contributed by atoms with Crippen molar-refractivity contribution < 1.29 is 14.3 Å². The number of hydrogen-bond acceptors (Lipinski definition) is 3. The predicted octanol–water partition coefficient (Wildman–Crippen LogP) is 5.62. The summed E-state index contributed by atoms with van der Waals surface area (Å²) in [4.78, 5) is 11.9. The fourth-order valence-corrected chi connectivity index (χ4v) is 2.52. The highest BCUT2D eigenvalue weighted by molar-refractivity contribution is 5.90. The van der Waals surface area contributed by atoms with Crippen molar-refractivity contribution in [1.29, 1.82) is 0 Å². The fourth-order valence-electron chi connectivity index (χ4n) is 2.52. The van der Waals surface area contributed by atoms with Gasteiger partial charge in [0.2, 0.25) is 0 Å². The Balaban J connectivity index is 1.48. The summed E-state index contributed by atoms with van der Waals surface area (Å²) in [7, 11) is 0. The molecule has 0 bridgehead atoms. The van der Waals surface area contributed by atoms with Crippen LogP contribution in [0.25, 0.3) is 0 Å². The molecule has 0 N–H and O–H groups in total. The van der Waals surface area contributed by atoms with E-state index in [1.54, 1.807) is 6.08 Å². The average molecular weight is 364 g/mol. The maximum absolute atomic E-state index is 11.9. The molecule has 0 fully saturated rings. The summed E-state index contributed by atoms with van der Waals surface area (Å²) in [5.74, 6) is -0.371. The van der Waals surface area contributed by atoms with Gasteiger partial charge in [0.15, 0.2) is 0 Å². The Morgan fingerprint density at radius 3 is 2.15 bits per heavy atom. The molecule has 0 aliphatic heterocycles. The summed E-state index contributed by atoms with van der Waals surface area (Å²) < 4.78 is 10.9. The second-order valence-corrected chi connectivity index (χ2v) is 6.38. The van der Waals surface area contributed by atoms with E-state index in [0.29, 0.717) is 12.2 Å². The van der Waals surface area contributed by atoms with Gasteiger partial charge in [-0.2, -0.15) is 0 Å². The summed E-state index contributed by atoms with van der Waals surface area (Å²) in [6.45, 7) is 5.49. The molecule has 0 amide bonds. The van der Waals surface area contributed by atoms with Crippen LogP contribution in [0.4, 0.5) is 0 Å². The van der Waals surface area contributed by atoms with Crippen LogP contribution in [0.2, 0.25) is 0 Å². The number of benzene rings is 2. The molecule has 0 saturated carbocycles. The molecule has 3 nitrogen and oxygen atoms in total. The number of allylic oxidation sites excluding steroid dienone is 1. The van der Waals surface area contributed by atoms with Crippen molar-refractivity contribution in [2.45, 2.75) is 38.9 Å². The zero-order valence-corrected chi connectivity index (χ0v) is 15.8. The third-order valence-electron chi connectivity index (χ3n) is 4.06. The topological polar surface area (TPSA) is 35.5 Å². The van der Waals surface area contributed by atoms with Gasteiger partial charge in [0.05, 0.1) is 12.2 Å². The molecule has 0 aromatic heterocycles. The number of hydrogen-bond donors (Lipinski definition) is 0. The largest absolute Gasteiger partial charge is 0.457 e. The van der Waals surface area contributed by atoms with Crippen LogP contribution >= 0.6 is 0 Å². The van der Waals surface area contributed by atoms with Crippen LogP contribution < -0.4 is 0 Å². The van der Waals surface area contributed by atoms with Crippen LogP contribution in [-0.2, 0) is 27.5 Å². The van der Waals surface area contributed by atoms with E-state index >= 15 is 0 Å². The van der Waals surface area contributed by atoms with Gasteiger partial charge in [-0.3, -0.25) is 0 Å². The number of carbonyl (C=O) groups excluding carboxylic acids is 1. The minimum atomic E-state index is -0.371. The van der Waals surface area contributed by atoms with Crippen molar-refractivity contribution in [1.82, 2.24) is 0 Å². The first-order valence-corrected chi connectivity index (χ1v) is 9.44. The van der Waals surface area contributed by atoms with Crippen LogP contribution in [-0.4, -0.2) is 12.6 Å². The number of ether oxygens (including phenoxy) is 2. The van der Waals surface area contributed by atoms with E-state index in [-0.39, 0.29) is 12.6 Å². The molecular formula is C24H28O3. The summed E-state index contributed by atoms with van der Waals surface area (Å²) >= 11 is 0. The first-order valence-electron chi connectivity index (χ1n) is 9.44. The van der Waals surface area contributed by atoms with E-state index in [1.807, 2.05) is 54.6 Å². The van der Waals surface area contributed by atoms with E-state index in [1.165, 1.54) is 5.56 Å². The zero-order chi connectivity index (χ0) is 19.2. The van der Waals surface area contributed by atoms with Crippen molar-refractivity contribution in [3.05, 3.63) is 96.1 Å². The number of unbranched alkanes of at least 4 members (excludes halogenated alkanes) is 3. The molecule has 2 aromatic rings. The molecule has 2 aromatic carbocycles. The number of esters is 1. The Bertz CT molecular complexity index is 705. The van der Waals surface area contributed by atoms with Gasteiger partial charge in [-0.05, 0) is 30.4 Å². The van der Waals surface area contributed by atoms with Gasteiger partial charge < -0.3 is 9.47 Å². The molecule has 0 spiro atoms. The monoisotopic (exact) mass is 364 g/mol. The lowest BCUT2D eigenvalue weighted by molar-refractivity contribution is -0.139. The maximum Gasteiger partial charge on any atom is 0.337 e. The van der Waals surface area contributed by atoms with E-state index in [9.17, 15) is 4.79 Å². The molecule has 0 atom stereocenters. The average Bonchev–Trinajstić information content (AvgIpc) is 2.72. The molecule has 2 rings (SSSR count). The number of carbonyl (C=O) groups is 1. The molecule has 0 heterocycles. The zero-order valence-electron chi connectivity index (χ0n) is 15.8. The predicted molar refractivity (Wildman–Crippen MR) is 109 cm³/mol. The summed E-state index contributed by atoms with van der Waals surface area (Å²) in [6.07, 6.45) is 7.86. The number of rotatable bonds is 12. The van der Waals surface area contributed by atoms with Crippen LogP contribution in [0.1, 0.15) is 36.8 Å². The van der Waals surface area contributed by atoms with Crippen molar-refractivity contribution in [2.24, 2.45) is 0 Å². The summed E-state index contributed by atoms with van der Waals surface area (Å²) in [6, 6.07) is 19.8. The molecule has 0 saturated heterocycles. The Kier molecular flexibility index (Phi) is 9.69. The summed E-state index contributed by atoms with van der Waals surface area (Å²) in [5.41, 5.74) is 2.56. The van der Waals surface area contributed by atoms with Gasteiger partial charge in [0, 0.05) is 6.61 Å². The van der Waals surface area contributed by atoms with Gasteiger partial charge >= 0.3 is 5.97 Å². The van der Waals surface area contributed by atoms with E-state index in [0.717, 1.165) is 37.9 Å². The lowest BCUT2D eigenvalue weighted by Gasteiger charge is -2.05. The Hall–Kier alpha value is -2.65. The third-order valence-corrected chi connectivity index (χ3v) is 4.06. The molecule has 142 valence electrons. The van der Waals surface area contributed by atoms with Gasteiger partial charge in [-0.25, -0.2) is 4.79 Å². The van der Waals surface area contributed by atoms with E-state index in [2.05, 4.69) is 18.7 Å². The maximum atomic E-state index is 11.9. The lowest BCUT2D eigenvalue weighted by atomic mass is 10.1. The van der Waals surface area contributed by atoms with Crippen molar-refractivity contribution >= 4 is 5.97 Å². The van der Waals surface area contributed by atoms with Gasteiger partial charge in [-0.1, -0.05) is 85.8 Å². The van der Waals surface area contributed by atoms with Crippen molar-refractivity contribution in [3.8, 4) is 0 Å². The first-order chi connectivity index (χ1) is 13.3. The molecule has 0 aliphatic rings. The van der Waals surface area contributed by atoms with E-state index < -0.39 is 0 Å². The standard InChI is InChI=1S/C24H28O3/c1-21(24(25)27-20-23-16-10-6-11-17-23)13-7-3-2-4-12-18-26-19-22-14-8-5-9-15-22/h5-11,13-17H,1-4,12,18-20H2/b13-7+. The van der Waals surface area contributed by atoms with Gasteiger partial charge in [0.25, 0.3) is 0 Å². The smallest absolute Gasteiger partial charge is 0.337 e. The van der Waals surface area contributed by atoms with Crippen LogP contribution in [0, 0.1) is 0 Å². The highest BCUT2D eigenvalue weighted by Gasteiger charge is 2.05. The normalized spacial score (nSPS) is 10.8. The molecule has 27 heavy (non-hydrogen) atoms. The fraction of sp³-hybridized carbons (Fsp3) is 0.292. The van der Waals surface area contributed by atoms with E-state index in [4.69, 9.17) is 9.47 Å². The molecule has 0 unspecified atom stereocenters. The third kappa shape index (κ3) is 9.02. The van der Waals surface area contributed by atoms with Crippen LogP contribution in [0.15, 0.2) is 85.0 Å². The minimum Gasteiger partial charge on any atom is -0.457 e. The van der Waals surface area contributed by atoms with Gasteiger partial charge in [-0.15, -0.1) is 0 Å². The molecule has 0 radical (unpaired) electrons. The first kappa shape index (κ1) is 20.7. The minimum absolute atomic E-state index is 0.273. The highest BCUT2D eigenvalue weighted by Crippen LogP contribution is 2.07. The highest BCUT2D eigenvalue weighted by atomic mass is 16.5. The Morgan fingerprint density at radius 1 is 0.852 bits per heavy atom. The Labute approximate surface area is 162 Å². The van der Waals surface area contributed by atoms with Crippen molar-refractivity contribution in [3.63, 3.8) is 0 Å². The molecular weight excluding hydrogens is 336 g/mol. The summed E-state index contributed by atoms with van der Waals surface area (Å²) in [5, 5.41) is 0.